The van der Waals surface area contributed by atoms with Crippen LogP contribution in [0.15, 0.2) is 18.2 Å². The van der Waals surface area contributed by atoms with Crippen molar-refractivity contribution in [2.45, 2.75) is 5.88 Å². The van der Waals surface area contributed by atoms with Crippen molar-refractivity contribution in [1.82, 2.24) is 4.31 Å². The summed E-state index contributed by atoms with van der Waals surface area (Å²) in [7, 11) is -3.17. The first kappa shape index (κ1) is 14.6. The molecule has 0 spiro atoms. The zero-order chi connectivity index (χ0) is 14.0. The monoisotopic (exact) mass is 306 g/mol. The number of anilines is 1. The van der Waals surface area contributed by atoms with Crippen LogP contribution < -0.4 is 4.90 Å². The van der Waals surface area contributed by atoms with Gasteiger partial charge in [0.15, 0.2) is 0 Å². The molecule has 1 aliphatic heterocycles. The van der Waals surface area contributed by atoms with E-state index in [0.717, 1.165) is 5.56 Å². The average Bonchev–Trinajstić information content (AvgIpc) is 2.37. The van der Waals surface area contributed by atoms with Gasteiger partial charge in [-0.15, -0.1) is 11.6 Å². The Balaban J connectivity index is 2.18. The van der Waals surface area contributed by atoms with Crippen molar-refractivity contribution in [3.8, 4) is 0 Å². The molecule has 0 aromatic heterocycles. The second-order valence-electron chi connectivity index (χ2n) is 4.53. The van der Waals surface area contributed by atoms with Gasteiger partial charge >= 0.3 is 0 Å². The van der Waals surface area contributed by atoms with E-state index < -0.39 is 10.0 Å². The van der Waals surface area contributed by atoms with Gasteiger partial charge in [-0.25, -0.2) is 12.8 Å². The number of para-hydroxylation sites is 1. The predicted molar refractivity (Wildman–Crippen MR) is 74.6 cm³/mol. The molecule has 1 aromatic carbocycles. The molecule has 1 fully saturated rings. The summed E-state index contributed by atoms with van der Waals surface area (Å²) in [5.74, 6) is -0.0784. The summed E-state index contributed by atoms with van der Waals surface area (Å²) >= 11 is 5.82. The number of halogens is 2. The van der Waals surface area contributed by atoms with Gasteiger partial charge in [0.2, 0.25) is 10.0 Å². The molecule has 0 N–H and O–H groups in total. The van der Waals surface area contributed by atoms with Crippen LogP contribution in [0.1, 0.15) is 5.56 Å². The molecular formula is C12H16ClFN2O2S. The van der Waals surface area contributed by atoms with Crippen molar-refractivity contribution in [2.75, 3.05) is 37.3 Å². The molecule has 0 radical (unpaired) electrons. The van der Waals surface area contributed by atoms with Crippen molar-refractivity contribution < 1.29 is 12.8 Å². The minimum absolute atomic E-state index is 0.236. The molecule has 1 aromatic rings. The zero-order valence-electron chi connectivity index (χ0n) is 10.6. The zero-order valence-corrected chi connectivity index (χ0v) is 12.2. The molecule has 0 aliphatic carbocycles. The molecule has 19 heavy (non-hydrogen) atoms. The highest BCUT2D eigenvalue weighted by Gasteiger charge is 2.25. The van der Waals surface area contributed by atoms with Crippen LogP contribution in [0.2, 0.25) is 0 Å². The van der Waals surface area contributed by atoms with Crippen molar-refractivity contribution >= 4 is 27.3 Å². The van der Waals surface area contributed by atoms with Gasteiger partial charge in [-0.05, 0) is 11.6 Å². The standard InChI is InChI=1S/C12H16ClFN2O2S/c1-19(17,18)16-7-5-15(6-8-16)12-10(9-13)3-2-4-11(12)14/h2-4H,5-9H2,1H3. The number of sulfonamides is 1. The maximum absolute atomic E-state index is 13.9. The summed E-state index contributed by atoms with van der Waals surface area (Å²) in [6.45, 7) is 1.68. The molecule has 0 saturated carbocycles. The first-order valence-corrected chi connectivity index (χ1v) is 8.35. The molecule has 7 heteroatoms. The van der Waals surface area contributed by atoms with Gasteiger partial charge in [0, 0.05) is 32.1 Å². The van der Waals surface area contributed by atoms with E-state index >= 15 is 0 Å². The van der Waals surface area contributed by atoms with Gasteiger partial charge in [-0.2, -0.15) is 4.31 Å². The third-order valence-corrected chi connectivity index (χ3v) is 4.83. The highest BCUT2D eigenvalue weighted by molar-refractivity contribution is 7.88. The first-order valence-electron chi connectivity index (χ1n) is 5.97. The van der Waals surface area contributed by atoms with Crippen LogP contribution in [-0.2, 0) is 15.9 Å². The summed E-state index contributed by atoms with van der Waals surface area (Å²) in [4.78, 5) is 1.86. The van der Waals surface area contributed by atoms with E-state index in [1.807, 2.05) is 4.90 Å². The lowest BCUT2D eigenvalue weighted by Crippen LogP contribution is -2.48. The van der Waals surface area contributed by atoms with Gasteiger partial charge in [0.1, 0.15) is 5.82 Å². The average molecular weight is 307 g/mol. The molecular weight excluding hydrogens is 291 g/mol. The van der Waals surface area contributed by atoms with Gasteiger partial charge in [0.25, 0.3) is 0 Å². The Hall–Kier alpha value is -0.850. The normalized spacial score (nSPS) is 17.7. The lowest BCUT2D eigenvalue weighted by molar-refractivity contribution is 0.386. The van der Waals surface area contributed by atoms with Crippen molar-refractivity contribution in [3.05, 3.63) is 29.6 Å². The van der Waals surface area contributed by atoms with Gasteiger partial charge in [-0.3, -0.25) is 0 Å². The van der Waals surface area contributed by atoms with E-state index in [0.29, 0.717) is 31.9 Å². The van der Waals surface area contributed by atoms with Crippen LogP contribution in [0.4, 0.5) is 10.1 Å². The lowest BCUT2D eigenvalue weighted by Gasteiger charge is -2.35. The number of hydrogen-bond donors (Lipinski definition) is 0. The SMILES string of the molecule is CS(=O)(=O)N1CCN(c2c(F)cccc2CCl)CC1. The minimum atomic E-state index is -3.17. The molecule has 4 nitrogen and oxygen atoms in total. The molecule has 0 bridgehead atoms. The molecule has 1 aliphatic rings. The smallest absolute Gasteiger partial charge is 0.211 e. The molecule has 1 heterocycles. The fourth-order valence-corrected chi connectivity index (χ4v) is 3.31. The van der Waals surface area contributed by atoms with Crippen LogP contribution in [-0.4, -0.2) is 45.2 Å². The lowest BCUT2D eigenvalue weighted by atomic mass is 10.1. The number of hydrogen-bond acceptors (Lipinski definition) is 3. The minimum Gasteiger partial charge on any atom is -0.366 e. The van der Waals surface area contributed by atoms with E-state index in [1.165, 1.54) is 16.6 Å². The van der Waals surface area contributed by atoms with Crippen molar-refractivity contribution in [1.29, 1.82) is 0 Å². The third-order valence-electron chi connectivity index (χ3n) is 3.24. The summed E-state index contributed by atoms with van der Waals surface area (Å²) in [6.07, 6.45) is 1.19. The summed E-state index contributed by atoms with van der Waals surface area (Å²) in [5.41, 5.74) is 1.22. The number of benzene rings is 1. The molecule has 1 saturated heterocycles. The second-order valence-corrected chi connectivity index (χ2v) is 6.78. The number of nitrogens with zero attached hydrogens (tertiary/aromatic N) is 2. The summed E-state index contributed by atoms with van der Waals surface area (Å²) in [5, 5.41) is 0. The Bertz CT molecular complexity index is 557. The van der Waals surface area contributed by atoms with Gasteiger partial charge in [-0.1, -0.05) is 12.1 Å². The Kier molecular flexibility index (Phi) is 4.32. The molecule has 0 unspecified atom stereocenters. The summed E-state index contributed by atoms with van der Waals surface area (Å²) in [6, 6.07) is 4.81. The van der Waals surface area contributed by atoms with E-state index in [2.05, 4.69) is 0 Å². The number of piperazine rings is 1. The third kappa shape index (κ3) is 3.19. The van der Waals surface area contributed by atoms with Crippen LogP contribution in [0, 0.1) is 5.82 Å². The van der Waals surface area contributed by atoms with Crippen LogP contribution >= 0.6 is 11.6 Å². The topological polar surface area (TPSA) is 40.6 Å². The van der Waals surface area contributed by atoms with E-state index in [-0.39, 0.29) is 11.7 Å². The maximum atomic E-state index is 13.9. The van der Waals surface area contributed by atoms with E-state index in [9.17, 15) is 12.8 Å². The van der Waals surface area contributed by atoms with Crippen LogP contribution in [0.3, 0.4) is 0 Å². The predicted octanol–water partition coefficient (Wildman–Crippen LogP) is 1.65. The molecule has 0 amide bonds. The Morgan fingerprint density at radius 1 is 1.26 bits per heavy atom. The highest BCUT2D eigenvalue weighted by Crippen LogP contribution is 2.27. The molecule has 106 valence electrons. The second kappa shape index (κ2) is 5.64. The Morgan fingerprint density at radius 3 is 2.42 bits per heavy atom. The quantitative estimate of drug-likeness (QED) is 0.797. The van der Waals surface area contributed by atoms with Crippen LogP contribution in [0.5, 0.6) is 0 Å². The van der Waals surface area contributed by atoms with Crippen LogP contribution in [0.25, 0.3) is 0 Å². The van der Waals surface area contributed by atoms with Crippen molar-refractivity contribution in [2.24, 2.45) is 0 Å². The molecule has 2 rings (SSSR count). The Labute approximate surface area is 117 Å². The Morgan fingerprint density at radius 2 is 1.89 bits per heavy atom. The fraction of sp³-hybridized carbons (Fsp3) is 0.500. The number of rotatable bonds is 3. The maximum Gasteiger partial charge on any atom is 0.211 e. The largest absolute Gasteiger partial charge is 0.366 e. The van der Waals surface area contributed by atoms with Gasteiger partial charge in [0.05, 0.1) is 11.9 Å². The van der Waals surface area contributed by atoms with E-state index in [4.69, 9.17) is 11.6 Å². The van der Waals surface area contributed by atoms with E-state index in [1.54, 1.807) is 12.1 Å². The van der Waals surface area contributed by atoms with Gasteiger partial charge < -0.3 is 4.90 Å². The molecule has 0 atom stereocenters. The fourth-order valence-electron chi connectivity index (χ4n) is 2.27. The van der Waals surface area contributed by atoms with Crippen molar-refractivity contribution in [3.63, 3.8) is 0 Å². The number of alkyl halides is 1. The highest BCUT2D eigenvalue weighted by atomic mass is 35.5. The summed E-state index contributed by atoms with van der Waals surface area (Å²) < 4.78 is 38.2. The first-order chi connectivity index (χ1) is 8.93.